The van der Waals surface area contributed by atoms with Crippen LogP contribution in [0.5, 0.6) is 0 Å². The molecule has 1 N–H and O–H groups in total. The molecular formula is C19H29BrN4O3S. The summed E-state index contributed by atoms with van der Waals surface area (Å²) in [6.07, 6.45) is 1.43. The van der Waals surface area contributed by atoms with Crippen molar-refractivity contribution in [1.29, 1.82) is 0 Å². The lowest BCUT2D eigenvalue weighted by Gasteiger charge is -2.33. The third-order valence-corrected chi connectivity index (χ3v) is 7.94. The van der Waals surface area contributed by atoms with Gasteiger partial charge in [0.25, 0.3) is 0 Å². The average molecular weight is 473 g/mol. The number of hydrogen-bond donors (Lipinski definition) is 1. The molecule has 1 aromatic carbocycles. The molecule has 2 aliphatic heterocycles. The Morgan fingerprint density at radius 3 is 2.50 bits per heavy atom. The zero-order chi connectivity index (χ0) is 20.1. The molecule has 2 aliphatic rings. The Kier molecular flexibility index (Phi) is 7.49. The minimum Gasteiger partial charge on any atom is -0.355 e. The van der Waals surface area contributed by atoms with E-state index in [9.17, 15) is 13.2 Å². The second-order valence-corrected chi connectivity index (χ2v) is 10.4. The van der Waals surface area contributed by atoms with Crippen molar-refractivity contribution >= 4 is 31.9 Å². The van der Waals surface area contributed by atoms with Gasteiger partial charge in [-0.1, -0.05) is 15.9 Å². The number of carbonyl (C=O) groups excluding carboxylic acids is 1. The van der Waals surface area contributed by atoms with Gasteiger partial charge >= 0.3 is 0 Å². The standard InChI is InChI=1S/C19H29BrN4O3S/c1-22-11-13-23(14-12-22)10-8-21-19(25)16-3-2-9-24(15-16)28(26,27)18-6-4-17(20)5-7-18/h4-7,16H,2-3,8-15H2,1H3,(H,21,25). The highest BCUT2D eigenvalue weighted by molar-refractivity contribution is 9.10. The Morgan fingerprint density at radius 1 is 1.14 bits per heavy atom. The second kappa shape index (κ2) is 9.67. The number of rotatable bonds is 6. The van der Waals surface area contributed by atoms with Gasteiger partial charge in [0.1, 0.15) is 0 Å². The van der Waals surface area contributed by atoms with E-state index in [1.54, 1.807) is 24.3 Å². The van der Waals surface area contributed by atoms with Crippen molar-refractivity contribution in [3.05, 3.63) is 28.7 Å². The first kappa shape index (κ1) is 21.7. The van der Waals surface area contributed by atoms with Crippen LogP contribution < -0.4 is 5.32 Å². The average Bonchev–Trinajstić information content (AvgIpc) is 2.70. The fraction of sp³-hybridized carbons (Fsp3) is 0.632. The van der Waals surface area contributed by atoms with E-state index in [4.69, 9.17) is 0 Å². The molecule has 1 unspecified atom stereocenters. The Labute approximate surface area is 176 Å². The molecule has 3 rings (SSSR count). The highest BCUT2D eigenvalue weighted by atomic mass is 79.9. The van der Waals surface area contributed by atoms with Crippen LogP contribution in [0.25, 0.3) is 0 Å². The van der Waals surface area contributed by atoms with Gasteiger partial charge in [-0.15, -0.1) is 0 Å². The van der Waals surface area contributed by atoms with Crippen molar-refractivity contribution in [3.63, 3.8) is 0 Å². The zero-order valence-electron chi connectivity index (χ0n) is 16.3. The monoisotopic (exact) mass is 472 g/mol. The van der Waals surface area contributed by atoms with Crippen LogP contribution in [-0.2, 0) is 14.8 Å². The summed E-state index contributed by atoms with van der Waals surface area (Å²) in [5.41, 5.74) is 0. The van der Waals surface area contributed by atoms with Crippen LogP contribution in [0.2, 0.25) is 0 Å². The maximum atomic E-state index is 12.9. The molecule has 0 aliphatic carbocycles. The number of likely N-dealkylation sites (N-methyl/N-ethyl adjacent to an activating group) is 1. The van der Waals surface area contributed by atoms with Crippen molar-refractivity contribution in [2.75, 3.05) is 59.4 Å². The van der Waals surface area contributed by atoms with Crippen molar-refractivity contribution in [3.8, 4) is 0 Å². The van der Waals surface area contributed by atoms with Gasteiger partial charge in [-0.25, -0.2) is 8.42 Å². The molecule has 28 heavy (non-hydrogen) atoms. The van der Waals surface area contributed by atoms with Gasteiger partial charge in [0, 0.05) is 56.8 Å². The summed E-state index contributed by atoms with van der Waals surface area (Å²) in [6, 6.07) is 6.64. The molecule has 2 saturated heterocycles. The molecule has 0 bridgehead atoms. The van der Waals surface area contributed by atoms with Crippen LogP contribution in [0.4, 0.5) is 0 Å². The third kappa shape index (κ3) is 5.54. The molecule has 0 radical (unpaired) electrons. The lowest BCUT2D eigenvalue weighted by atomic mass is 9.99. The molecular weight excluding hydrogens is 444 g/mol. The fourth-order valence-corrected chi connectivity index (χ4v) is 5.47. The predicted octanol–water partition coefficient (Wildman–Crippen LogP) is 1.21. The van der Waals surface area contributed by atoms with Crippen LogP contribution in [0.15, 0.2) is 33.6 Å². The van der Waals surface area contributed by atoms with E-state index in [1.165, 1.54) is 4.31 Å². The van der Waals surface area contributed by atoms with Crippen LogP contribution >= 0.6 is 15.9 Å². The quantitative estimate of drug-likeness (QED) is 0.673. The third-order valence-electron chi connectivity index (χ3n) is 5.53. The number of nitrogens with zero attached hydrogens (tertiary/aromatic N) is 3. The van der Waals surface area contributed by atoms with Gasteiger partial charge in [-0.3, -0.25) is 9.69 Å². The van der Waals surface area contributed by atoms with Gasteiger partial charge in [0.05, 0.1) is 10.8 Å². The van der Waals surface area contributed by atoms with Gasteiger partial charge in [0.2, 0.25) is 15.9 Å². The number of hydrogen-bond acceptors (Lipinski definition) is 5. The zero-order valence-corrected chi connectivity index (χ0v) is 18.7. The van der Waals surface area contributed by atoms with Crippen LogP contribution in [0.1, 0.15) is 12.8 Å². The van der Waals surface area contributed by atoms with Gasteiger partial charge in [0.15, 0.2) is 0 Å². The van der Waals surface area contributed by atoms with E-state index in [2.05, 4.69) is 38.1 Å². The Morgan fingerprint density at radius 2 is 1.82 bits per heavy atom. The summed E-state index contributed by atoms with van der Waals surface area (Å²) in [4.78, 5) is 17.5. The molecule has 1 atom stereocenters. The number of amides is 1. The Bertz CT molecular complexity index is 764. The summed E-state index contributed by atoms with van der Waals surface area (Å²) in [6.45, 7) is 6.32. The topological polar surface area (TPSA) is 73.0 Å². The molecule has 0 saturated carbocycles. The van der Waals surface area contributed by atoms with E-state index in [1.807, 2.05) is 0 Å². The van der Waals surface area contributed by atoms with E-state index in [0.717, 1.165) is 43.6 Å². The van der Waals surface area contributed by atoms with Crippen LogP contribution in [0.3, 0.4) is 0 Å². The second-order valence-electron chi connectivity index (χ2n) is 7.59. The first-order valence-corrected chi connectivity index (χ1v) is 12.0. The molecule has 2 heterocycles. The Balaban J connectivity index is 1.51. The van der Waals surface area contributed by atoms with Crippen molar-refractivity contribution in [2.45, 2.75) is 17.7 Å². The summed E-state index contributed by atoms with van der Waals surface area (Å²) in [7, 11) is -1.45. The van der Waals surface area contributed by atoms with Gasteiger partial charge in [-0.05, 0) is 44.2 Å². The van der Waals surface area contributed by atoms with Crippen molar-refractivity contribution in [2.24, 2.45) is 5.92 Å². The maximum absolute atomic E-state index is 12.9. The largest absolute Gasteiger partial charge is 0.355 e. The minimum absolute atomic E-state index is 0.0372. The Hall–Kier alpha value is -1.00. The first-order chi connectivity index (χ1) is 13.4. The highest BCUT2D eigenvalue weighted by Crippen LogP contribution is 2.25. The maximum Gasteiger partial charge on any atom is 0.243 e. The predicted molar refractivity (Wildman–Crippen MR) is 113 cm³/mol. The first-order valence-electron chi connectivity index (χ1n) is 9.80. The number of nitrogens with one attached hydrogen (secondary N) is 1. The number of carbonyl (C=O) groups is 1. The molecule has 7 nitrogen and oxygen atoms in total. The molecule has 2 fully saturated rings. The number of halogens is 1. The number of sulfonamides is 1. The van der Waals surface area contributed by atoms with Crippen LogP contribution in [0, 0.1) is 5.92 Å². The number of benzene rings is 1. The highest BCUT2D eigenvalue weighted by Gasteiger charge is 2.33. The number of piperidine rings is 1. The smallest absolute Gasteiger partial charge is 0.243 e. The SMILES string of the molecule is CN1CCN(CCNC(=O)C2CCCN(S(=O)(=O)c3ccc(Br)cc3)C2)CC1. The molecule has 1 aromatic rings. The molecule has 156 valence electrons. The van der Waals surface area contributed by atoms with E-state index >= 15 is 0 Å². The van der Waals surface area contributed by atoms with E-state index in [-0.39, 0.29) is 23.3 Å². The van der Waals surface area contributed by atoms with Crippen molar-refractivity contribution in [1.82, 2.24) is 19.4 Å². The van der Waals surface area contributed by atoms with Crippen molar-refractivity contribution < 1.29 is 13.2 Å². The normalized spacial score (nSPS) is 22.9. The summed E-state index contributed by atoms with van der Waals surface area (Å²) < 4.78 is 28.0. The molecule has 0 spiro atoms. The van der Waals surface area contributed by atoms with Gasteiger partial charge in [-0.2, -0.15) is 4.31 Å². The fourth-order valence-electron chi connectivity index (χ4n) is 3.68. The molecule has 0 aromatic heterocycles. The van der Waals surface area contributed by atoms with E-state index in [0.29, 0.717) is 19.5 Å². The summed E-state index contributed by atoms with van der Waals surface area (Å²) >= 11 is 3.33. The molecule has 9 heteroatoms. The molecule has 1 amide bonds. The minimum atomic E-state index is -3.57. The number of piperazine rings is 1. The lowest BCUT2D eigenvalue weighted by molar-refractivity contribution is -0.126. The van der Waals surface area contributed by atoms with Crippen LogP contribution in [-0.4, -0.2) is 87.8 Å². The van der Waals surface area contributed by atoms with E-state index < -0.39 is 10.0 Å². The summed E-state index contributed by atoms with van der Waals surface area (Å²) in [5.74, 6) is -0.323. The lowest BCUT2D eigenvalue weighted by Crippen LogP contribution is -2.49. The van der Waals surface area contributed by atoms with Gasteiger partial charge < -0.3 is 10.2 Å². The summed E-state index contributed by atoms with van der Waals surface area (Å²) in [5, 5.41) is 3.01.